The van der Waals surface area contributed by atoms with Gasteiger partial charge in [0.2, 0.25) is 5.91 Å². The number of aromatic amines is 2. The number of carbonyl (C=O) groups excluding carboxylic acids is 2. The normalized spacial score (nSPS) is 11.0. The fourth-order valence-electron chi connectivity index (χ4n) is 2.91. The van der Waals surface area contributed by atoms with E-state index in [-0.39, 0.29) is 23.7 Å². The van der Waals surface area contributed by atoms with E-state index in [1.807, 2.05) is 0 Å². The van der Waals surface area contributed by atoms with Gasteiger partial charge in [0, 0.05) is 12.0 Å². The number of unbranched alkanes of at least 4 members (excludes halogenated alkanes) is 6. The van der Waals surface area contributed by atoms with Crippen LogP contribution in [0, 0.1) is 12.8 Å². The van der Waals surface area contributed by atoms with E-state index >= 15 is 0 Å². The summed E-state index contributed by atoms with van der Waals surface area (Å²) in [5, 5.41) is 2.55. The first kappa shape index (κ1) is 22.9. The Morgan fingerprint density at radius 3 is 2.15 bits per heavy atom. The molecule has 1 aromatic rings. The first-order valence-electron chi connectivity index (χ1n) is 9.94. The van der Waals surface area contributed by atoms with Crippen molar-refractivity contribution in [3.8, 4) is 0 Å². The van der Waals surface area contributed by atoms with E-state index in [9.17, 15) is 19.2 Å². The number of amides is 1. The zero-order chi connectivity index (χ0) is 20.2. The number of hydrogen-bond acceptors (Lipinski definition) is 4. The quantitative estimate of drug-likeness (QED) is 0.361. The van der Waals surface area contributed by atoms with Crippen molar-refractivity contribution in [3.63, 3.8) is 0 Å². The van der Waals surface area contributed by atoms with Crippen LogP contribution in [-0.4, -0.2) is 28.2 Å². The molecule has 0 spiro atoms. The molecule has 0 aromatic carbocycles. The van der Waals surface area contributed by atoms with Crippen LogP contribution < -0.4 is 16.6 Å². The second kappa shape index (κ2) is 12.3. The van der Waals surface area contributed by atoms with Crippen molar-refractivity contribution >= 4 is 11.7 Å². The van der Waals surface area contributed by atoms with Gasteiger partial charge in [-0.15, -0.1) is 0 Å². The number of Topliss-reactive ketones (excluding diaryl/α,β-unsaturated/α-hetero) is 1. The summed E-state index contributed by atoms with van der Waals surface area (Å²) in [6.07, 6.45) is 9.64. The molecule has 0 fully saturated rings. The lowest BCUT2D eigenvalue weighted by Gasteiger charge is -2.06. The highest BCUT2D eigenvalue weighted by Crippen LogP contribution is 2.12. The highest BCUT2D eigenvalue weighted by Gasteiger charge is 2.14. The van der Waals surface area contributed by atoms with Gasteiger partial charge in [0.1, 0.15) is 0 Å². The van der Waals surface area contributed by atoms with Gasteiger partial charge in [0.15, 0.2) is 5.78 Å². The maximum atomic E-state index is 12.1. The van der Waals surface area contributed by atoms with E-state index in [0.29, 0.717) is 6.42 Å². The zero-order valence-electron chi connectivity index (χ0n) is 16.8. The van der Waals surface area contributed by atoms with Crippen molar-refractivity contribution in [2.75, 3.05) is 6.54 Å². The van der Waals surface area contributed by atoms with E-state index in [1.54, 1.807) is 0 Å². The fourth-order valence-corrected chi connectivity index (χ4v) is 2.91. The van der Waals surface area contributed by atoms with E-state index in [0.717, 1.165) is 25.2 Å². The summed E-state index contributed by atoms with van der Waals surface area (Å²) in [6, 6.07) is 0. The predicted octanol–water partition coefficient (Wildman–Crippen LogP) is 2.84. The Kier molecular flexibility index (Phi) is 10.4. The molecule has 0 saturated heterocycles. The summed E-state index contributed by atoms with van der Waals surface area (Å²) in [7, 11) is 0. The number of nitrogens with one attached hydrogen (secondary N) is 3. The Balaban J connectivity index is 2.17. The SMILES string of the molecule is Cc1c(C(=O)CNC(=O)CCCCCCCCCC(C)C)[nH]c(=O)[nH]c1=O. The summed E-state index contributed by atoms with van der Waals surface area (Å²) in [6.45, 7) is 5.72. The van der Waals surface area contributed by atoms with Crippen LogP contribution >= 0.6 is 0 Å². The van der Waals surface area contributed by atoms with Gasteiger partial charge < -0.3 is 10.3 Å². The van der Waals surface area contributed by atoms with Gasteiger partial charge in [-0.25, -0.2) is 4.79 Å². The van der Waals surface area contributed by atoms with Gasteiger partial charge in [-0.05, 0) is 19.3 Å². The van der Waals surface area contributed by atoms with Crippen molar-refractivity contribution < 1.29 is 9.59 Å². The Labute approximate surface area is 160 Å². The van der Waals surface area contributed by atoms with Crippen LogP contribution in [-0.2, 0) is 4.79 Å². The van der Waals surface area contributed by atoms with E-state index in [1.165, 1.54) is 39.0 Å². The average molecular weight is 380 g/mol. The molecule has 7 nitrogen and oxygen atoms in total. The molecule has 1 amide bonds. The van der Waals surface area contributed by atoms with Gasteiger partial charge in [0.05, 0.1) is 12.2 Å². The van der Waals surface area contributed by atoms with Gasteiger partial charge in [0.25, 0.3) is 5.56 Å². The molecule has 0 unspecified atom stereocenters. The third-order valence-corrected chi connectivity index (χ3v) is 4.59. The molecule has 0 atom stereocenters. The van der Waals surface area contributed by atoms with Gasteiger partial charge in [-0.2, -0.15) is 0 Å². The number of rotatable bonds is 13. The molecule has 27 heavy (non-hydrogen) atoms. The lowest BCUT2D eigenvalue weighted by atomic mass is 10.0. The number of aromatic nitrogens is 2. The molecule has 0 bridgehead atoms. The molecular weight excluding hydrogens is 346 g/mol. The molecule has 0 aliphatic rings. The van der Waals surface area contributed by atoms with Crippen LogP contribution in [0.2, 0.25) is 0 Å². The largest absolute Gasteiger partial charge is 0.349 e. The maximum absolute atomic E-state index is 12.1. The molecule has 1 aromatic heterocycles. The summed E-state index contributed by atoms with van der Waals surface area (Å²) in [5.41, 5.74) is -1.24. The first-order valence-corrected chi connectivity index (χ1v) is 9.94. The minimum Gasteiger partial charge on any atom is -0.349 e. The van der Waals surface area contributed by atoms with E-state index < -0.39 is 17.0 Å². The Morgan fingerprint density at radius 2 is 1.52 bits per heavy atom. The average Bonchev–Trinajstić information content (AvgIpc) is 2.61. The van der Waals surface area contributed by atoms with Crippen molar-refractivity contribution in [3.05, 3.63) is 32.1 Å². The Morgan fingerprint density at radius 1 is 0.926 bits per heavy atom. The molecule has 1 heterocycles. The highest BCUT2D eigenvalue weighted by atomic mass is 16.2. The van der Waals surface area contributed by atoms with Gasteiger partial charge in [-0.3, -0.25) is 19.4 Å². The number of H-pyrrole nitrogens is 2. The zero-order valence-corrected chi connectivity index (χ0v) is 16.8. The first-order chi connectivity index (χ1) is 12.8. The fraction of sp³-hybridized carbons (Fsp3) is 0.700. The van der Waals surface area contributed by atoms with Crippen LogP contribution in [0.15, 0.2) is 9.59 Å². The lowest BCUT2D eigenvalue weighted by Crippen LogP contribution is -2.34. The van der Waals surface area contributed by atoms with Crippen LogP contribution in [0.3, 0.4) is 0 Å². The molecule has 7 heteroatoms. The number of hydrogen-bond donors (Lipinski definition) is 3. The number of carbonyl (C=O) groups is 2. The Hall–Kier alpha value is -2.18. The van der Waals surface area contributed by atoms with Crippen molar-refractivity contribution in [2.45, 2.75) is 78.6 Å². The Bertz CT molecular complexity index is 719. The van der Waals surface area contributed by atoms with Crippen molar-refractivity contribution in [1.29, 1.82) is 0 Å². The summed E-state index contributed by atoms with van der Waals surface area (Å²) in [5.74, 6) is 0.109. The summed E-state index contributed by atoms with van der Waals surface area (Å²) < 4.78 is 0. The minimum atomic E-state index is -0.732. The van der Waals surface area contributed by atoms with Crippen LogP contribution in [0.4, 0.5) is 0 Å². The summed E-state index contributed by atoms with van der Waals surface area (Å²) in [4.78, 5) is 51.1. The standard InChI is InChI=1S/C20H33N3O4/c1-14(2)11-9-7-5-4-6-8-10-12-17(25)21-13-16(24)18-15(3)19(26)23-20(27)22-18/h14H,4-13H2,1-3H3,(H,21,25)(H2,22,23,26,27). The molecule has 0 saturated carbocycles. The smallest absolute Gasteiger partial charge is 0.326 e. The second-order valence-corrected chi connectivity index (χ2v) is 7.52. The highest BCUT2D eigenvalue weighted by molar-refractivity contribution is 5.98. The third kappa shape index (κ3) is 9.35. The van der Waals surface area contributed by atoms with E-state index in [2.05, 4.69) is 29.1 Å². The minimum absolute atomic E-state index is 0.0542. The molecule has 1 rings (SSSR count). The molecule has 0 radical (unpaired) electrons. The molecule has 0 aliphatic heterocycles. The number of ketones is 1. The van der Waals surface area contributed by atoms with Crippen LogP contribution in [0.1, 0.15) is 87.7 Å². The second-order valence-electron chi connectivity index (χ2n) is 7.52. The van der Waals surface area contributed by atoms with Gasteiger partial charge in [-0.1, -0.05) is 58.8 Å². The van der Waals surface area contributed by atoms with Gasteiger partial charge >= 0.3 is 5.69 Å². The third-order valence-electron chi connectivity index (χ3n) is 4.59. The van der Waals surface area contributed by atoms with Crippen molar-refractivity contribution in [1.82, 2.24) is 15.3 Å². The van der Waals surface area contributed by atoms with Crippen molar-refractivity contribution in [2.24, 2.45) is 5.92 Å². The summed E-state index contributed by atoms with van der Waals surface area (Å²) >= 11 is 0. The van der Waals surface area contributed by atoms with Crippen LogP contribution in [0.25, 0.3) is 0 Å². The topological polar surface area (TPSA) is 112 Å². The lowest BCUT2D eigenvalue weighted by molar-refractivity contribution is -0.121. The maximum Gasteiger partial charge on any atom is 0.326 e. The van der Waals surface area contributed by atoms with E-state index in [4.69, 9.17) is 0 Å². The predicted molar refractivity (Wildman–Crippen MR) is 106 cm³/mol. The molecule has 152 valence electrons. The monoisotopic (exact) mass is 379 g/mol. The molecule has 0 aliphatic carbocycles. The van der Waals surface area contributed by atoms with Crippen LogP contribution in [0.5, 0.6) is 0 Å². The molecular formula is C20H33N3O4. The molecule has 3 N–H and O–H groups in total.